The number of phenols is 1. The van der Waals surface area contributed by atoms with Gasteiger partial charge in [0.1, 0.15) is 5.75 Å². The second kappa shape index (κ2) is 6.76. The van der Waals surface area contributed by atoms with Gasteiger partial charge in [-0.2, -0.15) is 5.10 Å². The maximum Gasteiger partial charge on any atom is 0.118 e. The Morgan fingerprint density at radius 2 is 2.20 bits per heavy atom. The number of nitrogens with one attached hydrogen (secondary N) is 2. The van der Waals surface area contributed by atoms with Gasteiger partial charge in [-0.3, -0.25) is 10.00 Å². The van der Waals surface area contributed by atoms with Crippen LogP contribution < -0.4 is 5.32 Å². The average molecular weight is 336 g/mol. The molecular weight excluding hydrogens is 312 g/mol. The monoisotopic (exact) mass is 336 g/mol. The highest BCUT2D eigenvalue weighted by atomic mass is 16.3. The van der Waals surface area contributed by atoms with Crippen molar-refractivity contribution in [2.24, 2.45) is 0 Å². The molecule has 2 aromatic carbocycles. The van der Waals surface area contributed by atoms with Gasteiger partial charge in [-0.05, 0) is 61.7 Å². The number of H-pyrrole nitrogens is 1. The van der Waals surface area contributed by atoms with E-state index in [-0.39, 0.29) is 0 Å². The Kier molecular flexibility index (Phi) is 4.32. The molecule has 0 saturated carbocycles. The predicted octanol–water partition coefficient (Wildman–Crippen LogP) is 3.65. The summed E-state index contributed by atoms with van der Waals surface area (Å²) in [6.07, 6.45) is 4.22. The molecule has 1 aliphatic heterocycles. The molecule has 5 nitrogen and oxygen atoms in total. The summed E-state index contributed by atoms with van der Waals surface area (Å²) >= 11 is 0. The van der Waals surface area contributed by atoms with Gasteiger partial charge in [0, 0.05) is 30.2 Å². The first-order chi connectivity index (χ1) is 12.2. The van der Waals surface area contributed by atoms with E-state index in [0.29, 0.717) is 11.8 Å². The zero-order valence-electron chi connectivity index (χ0n) is 14.5. The van der Waals surface area contributed by atoms with Crippen LogP contribution in [0.1, 0.15) is 24.0 Å². The summed E-state index contributed by atoms with van der Waals surface area (Å²) in [4.78, 5) is 2.46. The van der Waals surface area contributed by atoms with Gasteiger partial charge in [0.15, 0.2) is 0 Å². The quantitative estimate of drug-likeness (QED) is 0.680. The molecule has 0 amide bonds. The number of aromatic nitrogens is 2. The van der Waals surface area contributed by atoms with Crippen LogP contribution in [0.2, 0.25) is 0 Å². The molecule has 4 rings (SSSR count). The molecule has 1 fully saturated rings. The fourth-order valence-corrected chi connectivity index (χ4v) is 3.60. The van der Waals surface area contributed by atoms with E-state index in [4.69, 9.17) is 0 Å². The number of aromatic hydroxyl groups is 1. The maximum atomic E-state index is 9.91. The molecule has 1 atom stereocenters. The van der Waals surface area contributed by atoms with E-state index < -0.39 is 0 Å². The zero-order valence-corrected chi connectivity index (χ0v) is 14.5. The van der Waals surface area contributed by atoms with Crippen LogP contribution in [0.3, 0.4) is 0 Å². The minimum atomic E-state index is 0.387. The number of benzene rings is 2. The molecule has 1 aliphatic rings. The standard InChI is InChI=1S/C20H24N4O/c1-14-4-5-15(9-20(14)25)12-24-8-2-3-18(13-24)22-17-6-7-19-16(10-17)11-21-23-19/h4-7,9-11,18,22,25H,2-3,8,12-13H2,1H3,(H,21,23)/t18-/m1/s1. The largest absolute Gasteiger partial charge is 0.508 e. The van der Waals surface area contributed by atoms with E-state index >= 15 is 0 Å². The first-order valence-electron chi connectivity index (χ1n) is 8.88. The number of aryl methyl sites for hydroxylation is 1. The van der Waals surface area contributed by atoms with Crippen LogP contribution in [-0.2, 0) is 6.54 Å². The number of hydrogen-bond donors (Lipinski definition) is 3. The third-order valence-corrected chi connectivity index (χ3v) is 5.00. The number of nitrogens with zero attached hydrogens (tertiary/aromatic N) is 2. The van der Waals surface area contributed by atoms with Gasteiger partial charge in [-0.25, -0.2) is 0 Å². The lowest BCUT2D eigenvalue weighted by Gasteiger charge is -2.33. The first-order valence-corrected chi connectivity index (χ1v) is 8.88. The third-order valence-electron chi connectivity index (χ3n) is 5.00. The third kappa shape index (κ3) is 3.61. The van der Waals surface area contributed by atoms with E-state index in [1.165, 1.54) is 18.4 Å². The average Bonchev–Trinajstić information content (AvgIpc) is 3.06. The molecule has 0 radical (unpaired) electrons. The molecule has 0 spiro atoms. The number of likely N-dealkylation sites (tertiary alicyclic amines) is 1. The van der Waals surface area contributed by atoms with Crippen molar-refractivity contribution in [3.8, 4) is 5.75 Å². The predicted molar refractivity (Wildman–Crippen MR) is 101 cm³/mol. The molecule has 0 bridgehead atoms. The molecule has 1 aromatic heterocycles. The Bertz CT molecular complexity index is 873. The van der Waals surface area contributed by atoms with E-state index in [0.717, 1.165) is 41.8 Å². The maximum absolute atomic E-state index is 9.91. The Labute approximate surface area is 147 Å². The van der Waals surface area contributed by atoms with Crippen LogP contribution in [0.15, 0.2) is 42.6 Å². The van der Waals surface area contributed by atoms with Crippen LogP contribution >= 0.6 is 0 Å². The van der Waals surface area contributed by atoms with Gasteiger partial charge in [-0.1, -0.05) is 12.1 Å². The number of fused-ring (bicyclic) bond motifs is 1. The van der Waals surface area contributed by atoms with Crippen molar-refractivity contribution in [2.75, 3.05) is 18.4 Å². The van der Waals surface area contributed by atoms with Crippen LogP contribution in [0.4, 0.5) is 5.69 Å². The van der Waals surface area contributed by atoms with Gasteiger partial charge in [0.2, 0.25) is 0 Å². The van der Waals surface area contributed by atoms with Crippen molar-refractivity contribution in [3.63, 3.8) is 0 Å². The molecule has 3 N–H and O–H groups in total. The fourth-order valence-electron chi connectivity index (χ4n) is 3.60. The van der Waals surface area contributed by atoms with Crippen molar-refractivity contribution < 1.29 is 5.11 Å². The van der Waals surface area contributed by atoms with Crippen LogP contribution in [0.5, 0.6) is 5.75 Å². The Morgan fingerprint density at radius 3 is 3.08 bits per heavy atom. The van der Waals surface area contributed by atoms with Crippen molar-refractivity contribution in [3.05, 3.63) is 53.7 Å². The SMILES string of the molecule is Cc1ccc(CN2CCC[C@@H](Nc3ccc4[nH]ncc4c3)C2)cc1O. The molecule has 2 heterocycles. The summed E-state index contributed by atoms with van der Waals surface area (Å²) in [5.74, 6) is 0.387. The van der Waals surface area contributed by atoms with E-state index in [9.17, 15) is 5.11 Å². The molecule has 25 heavy (non-hydrogen) atoms. The highest BCUT2D eigenvalue weighted by molar-refractivity contribution is 5.81. The van der Waals surface area contributed by atoms with Gasteiger partial charge >= 0.3 is 0 Å². The van der Waals surface area contributed by atoms with E-state index in [1.807, 2.05) is 25.3 Å². The summed E-state index contributed by atoms with van der Waals surface area (Å²) in [5, 5.41) is 21.8. The van der Waals surface area contributed by atoms with Crippen molar-refractivity contribution in [2.45, 2.75) is 32.4 Å². The fraction of sp³-hybridized carbons (Fsp3) is 0.350. The smallest absolute Gasteiger partial charge is 0.118 e. The first kappa shape index (κ1) is 16.0. The molecule has 0 aliphatic carbocycles. The minimum absolute atomic E-state index is 0.387. The normalized spacial score (nSPS) is 18.5. The summed E-state index contributed by atoms with van der Waals surface area (Å²) < 4.78 is 0. The highest BCUT2D eigenvalue weighted by Crippen LogP contribution is 2.23. The minimum Gasteiger partial charge on any atom is -0.508 e. The number of rotatable bonds is 4. The Morgan fingerprint density at radius 1 is 1.28 bits per heavy atom. The summed E-state index contributed by atoms with van der Waals surface area (Å²) in [6.45, 7) is 4.93. The van der Waals surface area contributed by atoms with Crippen molar-refractivity contribution in [1.82, 2.24) is 15.1 Å². The second-order valence-electron chi connectivity index (χ2n) is 7.01. The van der Waals surface area contributed by atoms with Crippen molar-refractivity contribution in [1.29, 1.82) is 0 Å². The van der Waals surface area contributed by atoms with Crippen LogP contribution in [-0.4, -0.2) is 39.3 Å². The van der Waals surface area contributed by atoms with Crippen molar-refractivity contribution >= 4 is 16.6 Å². The summed E-state index contributed by atoms with van der Waals surface area (Å²) in [6, 6.07) is 12.8. The lowest BCUT2D eigenvalue weighted by atomic mass is 10.0. The topological polar surface area (TPSA) is 64.2 Å². The lowest BCUT2D eigenvalue weighted by Crippen LogP contribution is -2.41. The molecule has 3 aromatic rings. The number of phenolic OH excluding ortho intramolecular Hbond substituents is 1. The Hall–Kier alpha value is -2.53. The zero-order chi connectivity index (χ0) is 17.2. The Balaban J connectivity index is 1.40. The van der Waals surface area contributed by atoms with E-state index in [1.54, 1.807) is 0 Å². The van der Waals surface area contributed by atoms with Gasteiger partial charge in [0.05, 0.1) is 11.7 Å². The summed E-state index contributed by atoms with van der Waals surface area (Å²) in [7, 11) is 0. The van der Waals surface area contributed by atoms with Gasteiger partial charge in [-0.15, -0.1) is 0 Å². The van der Waals surface area contributed by atoms with E-state index in [2.05, 4.69) is 44.7 Å². The number of anilines is 1. The van der Waals surface area contributed by atoms with Crippen LogP contribution in [0.25, 0.3) is 10.9 Å². The molecular formula is C20H24N4O. The highest BCUT2D eigenvalue weighted by Gasteiger charge is 2.20. The number of aromatic amines is 1. The second-order valence-corrected chi connectivity index (χ2v) is 7.01. The lowest BCUT2D eigenvalue weighted by molar-refractivity contribution is 0.208. The summed E-state index contributed by atoms with van der Waals surface area (Å²) in [5.41, 5.74) is 4.31. The van der Waals surface area contributed by atoms with Crippen LogP contribution in [0, 0.1) is 6.92 Å². The van der Waals surface area contributed by atoms with Gasteiger partial charge in [0.25, 0.3) is 0 Å². The van der Waals surface area contributed by atoms with Gasteiger partial charge < -0.3 is 10.4 Å². The number of hydrogen-bond acceptors (Lipinski definition) is 4. The molecule has 0 unspecified atom stereocenters. The molecule has 5 heteroatoms. The molecule has 1 saturated heterocycles. The molecule has 130 valence electrons. The number of piperidine rings is 1.